The van der Waals surface area contributed by atoms with Crippen LogP contribution in [0.15, 0.2) is 46.2 Å². The molecule has 1 N–H and O–H groups in total. The molecule has 1 amide bonds. The molecule has 0 aromatic heterocycles. The van der Waals surface area contributed by atoms with Gasteiger partial charge in [0.15, 0.2) is 9.84 Å². The number of rotatable bonds is 7. The van der Waals surface area contributed by atoms with E-state index in [0.29, 0.717) is 13.1 Å². The number of nitrogens with one attached hydrogen (secondary N) is 1. The average Bonchev–Trinajstić information content (AvgIpc) is 2.63. The smallest absolute Gasteiger partial charge is 0.255 e. The summed E-state index contributed by atoms with van der Waals surface area (Å²) < 4.78 is 50.3. The minimum atomic E-state index is -3.75. The van der Waals surface area contributed by atoms with Gasteiger partial charge in [0, 0.05) is 24.9 Å². The summed E-state index contributed by atoms with van der Waals surface area (Å²) in [5.74, 6) is -0.661. The van der Waals surface area contributed by atoms with E-state index in [4.69, 9.17) is 23.2 Å². The zero-order valence-corrected chi connectivity index (χ0v) is 19.1. The summed E-state index contributed by atoms with van der Waals surface area (Å²) in [6.45, 7) is 4.03. The number of hydrogen-bond acceptors (Lipinski definition) is 5. The summed E-state index contributed by atoms with van der Waals surface area (Å²) in [7, 11) is -7.38. The molecule has 0 aliphatic rings. The number of anilines is 1. The summed E-state index contributed by atoms with van der Waals surface area (Å²) in [5, 5.41) is 2.65. The number of amides is 1. The maximum absolute atomic E-state index is 12.7. The van der Waals surface area contributed by atoms with Crippen molar-refractivity contribution in [1.82, 2.24) is 4.31 Å². The monoisotopic (exact) mass is 478 g/mol. The van der Waals surface area contributed by atoms with Gasteiger partial charge < -0.3 is 5.32 Å². The number of carbonyl (C=O) groups excluding carboxylic acids is 1. The molecule has 29 heavy (non-hydrogen) atoms. The molecule has 0 aliphatic heterocycles. The van der Waals surface area contributed by atoms with Crippen molar-refractivity contribution in [1.29, 1.82) is 0 Å². The van der Waals surface area contributed by atoms with Gasteiger partial charge in [-0.1, -0.05) is 37.0 Å². The summed E-state index contributed by atoms with van der Waals surface area (Å²) in [6.07, 6.45) is 0.980. The van der Waals surface area contributed by atoms with Gasteiger partial charge in [-0.2, -0.15) is 4.31 Å². The highest BCUT2D eigenvalue weighted by Gasteiger charge is 2.23. The fraction of sp³-hybridized carbons (Fsp3) is 0.278. The Balaban J connectivity index is 2.42. The van der Waals surface area contributed by atoms with Crippen molar-refractivity contribution in [3.8, 4) is 0 Å². The normalized spacial score (nSPS) is 12.2. The first-order valence-corrected chi connectivity index (χ1v) is 12.6. The lowest BCUT2D eigenvalue weighted by Crippen LogP contribution is -2.30. The Bertz CT molecular complexity index is 1140. The number of carbonyl (C=O) groups is 1. The van der Waals surface area contributed by atoms with Crippen LogP contribution in [0.5, 0.6) is 0 Å². The Kier molecular flexibility index (Phi) is 7.34. The Morgan fingerprint density at radius 3 is 2.10 bits per heavy atom. The van der Waals surface area contributed by atoms with E-state index in [-0.39, 0.29) is 31.1 Å². The van der Waals surface area contributed by atoms with Crippen LogP contribution in [0.2, 0.25) is 10.0 Å². The van der Waals surface area contributed by atoms with Gasteiger partial charge >= 0.3 is 0 Å². The highest BCUT2D eigenvalue weighted by molar-refractivity contribution is 7.90. The number of nitrogens with zero attached hydrogens (tertiary/aromatic N) is 1. The number of halogens is 2. The Morgan fingerprint density at radius 2 is 1.55 bits per heavy atom. The molecule has 0 heterocycles. The molecule has 2 rings (SSSR count). The topological polar surface area (TPSA) is 101 Å². The van der Waals surface area contributed by atoms with Crippen molar-refractivity contribution >= 4 is 54.7 Å². The van der Waals surface area contributed by atoms with Crippen molar-refractivity contribution in [3.63, 3.8) is 0 Å². The first kappa shape index (κ1) is 23.6. The van der Waals surface area contributed by atoms with Crippen LogP contribution in [0, 0.1) is 0 Å². The molecule has 11 heteroatoms. The van der Waals surface area contributed by atoms with Gasteiger partial charge in [-0.15, -0.1) is 0 Å². The fourth-order valence-electron chi connectivity index (χ4n) is 2.60. The van der Waals surface area contributed by atoms with Crippen LogP contribution >= 0.6 is 23.2 Å². The molecule has 0 fully saturated rings. The molecule has 0 radical (unpaired) electrons. The van der Waals surface area contributed by atoms with Crippen molar-refractivity contribution in [2.24, 2.45) is 0 Å². The fourth-order valence-corrected chi connectivity index (χ4v) is 5.55. The summed E-state index contributed by atoms with van der Waals surface area (Å²) in [5.41, 5.74) is 0.114. The lowest BCUT2D eigenvalue weighted by molar-refractivity contribution is 0.102. The van der Waals surface area contributed by atoms with E-state index in [2.05, 4.69) is 5.32 Å². The largest absolute Gasteiger partial charge is 0.321 e. The minimum Gasteiger partial charge on any atom is -0.321 e. The summed E-state index contributed by atoms with van der Waals surface area (Å²) >= 11 is 12.0. The summed E-state index contributed by atoms with van der Waals surface area (Å²) in [6, 6.07) is 7.80. The van der Waals surface area contributed by atoms with Gasteiger partial charge in [-0.05, 0) is 36.4 Å². The molecule has 2 aromatic carbocycles. The first-order chi connectivity index (χ1) is 13.4. The molecule has 0 spiro atoms. The zero-order valence-electron chi connectivity index (χ0n) is 15.9. The quantitative estimate of drug-likeness (QED) is 0.653. The zero-order chi connectivity index (χ0) is 22.0. The molecule has 0 saturated carbocycles. The third kappa shape index (κ3) is 5.29. The second-order valence-corrected chi connectivity index (χ2v) is 10.8. The van der Waals surface area contributed by atoms with E-state index < -0.39 is 25.8 Å². The van der Waals surface area contributed by atoms with Crippen molar-refractivity contribution in [2.75, 3.05) is 24.7 Å². The number of benzene rings is 2. The lowest BCUT2D eigenvalue weighted by Gasteiger charge is -2.19. The van der Waals surface area contributed by atoms with Gasteiger partial charge in [-0.25, -0.2) is 16.8 Å². The van der Waals surface area contributed by atoms with E-state index in [1.165, 1.54) is 34.6 Å². The minimum absolute atomic E-state index is 0.00519. The highest BCUT2D eigenvalue weighted by Crippen LogP contribution is 2.28. The van der Waals surface area contributed by atoms with Gasteiger partial charge in [0.05, 0.1) is 25.5 Å². The second-order valence-electron chi connectivity index (χ2n) is 6.10. The van der Waals surface area contributed by atoms with Gasteiger partial charge in [0.1, 0.15) is 0 Å². The Labute approximate surface area is 180 Å². The number of sulfone groups is 1. The third-order valence-electron chi connectivity index (χ3n) is 4.12. The molecule has 2 aromatic rings. The molecule has 0 saturated heterocycles. The Morgan fingerprint density at radius 1 is 0.966 bits per heavy atom. The van der Waals surface area contributed by atoms with Crippen molar-refractivity contribution in [2.45, 2.75) is 23.6 Å². The number of hydrogen-bond donors (Lipinski definition) is 1. The van der Waals surface area contributed by atoms with E-state index >= 15 is 0 Å². The predicted octanol–water partition coefficient (Wildman–Crippen LogP) is 3.68. The van der Waals surface area contributed by atoms with Crippen LogP contribution < -0.4 is 5.32 Å². The molecule has 0 aliphatic carbocycles. The molecule has 158 valence electrons. The van der Waals surface area contributed by atoms with Crippen LogP contribution in [0.4, 0.5) is 5.69 Å². The van der Waals surface area contributed by atoms with E-state index in [0.717, 1.165) is 12.3 Å². The molecule has 7 nitrogen and oxygen atoms in total. The van der Waals surface area contributed by atoms with Crippen LogP contribution in [-0.2, 0) is 19.9 Å². The van der Waals surface area contributed by atoms with Gasteiger partial charge in [0.25, 0.3) is 5.91 Å². The molecular weight excluding hydrogens is 459 g/mol. The molecule has 0 atom stereocenters. The van der Waals surface area contributed by atoms with E-state index in [9.17, 15) is 21.6 Å². The van der Waals surface area contributed by atoms with Crippen molar-refractivity contribution < 1.29 is 21.6 Å². The SMILES string of the molecule is CCN(CC)S(=O)(=O)c1ccc(Cl)c(NC(=O)c2ccc(Cl)c(S(C)(=O)=O)c2)c1. The Hall–Kier alpha value is -1.65. The molecule has 0 unspecified atom stereocenters. The number of sulfonamides is 1. The third-order valence-corrected chi connectivity index (χ3v) is 8.08. The highest BCUT2D eigenvalue weighted by atomic mass is 35.5. The predicted molar refractivity (Wildman–Crippen MR) is 114 cm³/mol. The van der Waals surface area contributed by atoms with Crippen LogP contribution in [0.3, 0.4) is 0 Å². The average molecular weight is 479 g/mol. The van der Waals surface area contributed by atoms with E-state index in [1.807, 2.05) is 0 Å². The van der Waals surface area contributed by atoms with Crippen LogP contribution in [0.25, 0.3) is 0 Å². The summed E-state index contributed by atoms with van der Waals surface area (Å²) in [4.78, 5) is 12.4. The standard InChI is InChI=1S/C18H20Cl2N2O5S2/c1-4-22(5-2)29(26,27)13-7-9-14(19)16(11-13)21-18(23)12-6-8-15(20)17(10-12)28(3,24)25/h6-11H,4-5H2,1-3H3,(H,21,23). The van der Waals surface area contributed by atoms with Crippen molar-refractivity contribution in [3.05, 3.63) is 52.0 Å². The van der Waals surface area contributed by atoms with Crippen LogP contribution in [0.1, 0.15) is 24.2 Å². The van der Waals surface area contributed by atoms with Crippen LogP contribution in [-0.4, -0.2) is 46.4 Å². The maximum Gasteiger partial charge on any atom is 0.255 e. The lowest BCUT2D eigenvalue weighted by atomic mass is 10.2. The molecular formula is C18H20Cl2N2O5S2. The van der Waals surface area contributed by atoms with Gasteiger partial charge in [-0.3, -0.25) is 4.79 Å². The molecule has 0 bridgehead atoms. The van der Waals surface area contributed by atoms with E-state index in [1.54, 1.807) is 13.8 Å². The maximum atomic E-state index is 12.7. The van der Waals surface area contributed by atoms with Gasteiger partial charge in [0.2, 0.25) is 10.0 Å². The first-order valence-electron chi connectivity index (χ1n) is 8.52. The second kappa shape index (κ2) is 9.01.